The molecule has 0 fully saturated rings. The van der Waals surface area contributed by atoms with E-state index in [1.807, 2.05) is 38.1 Å². The van der Waals surface area contributed by atoms with E-state index in [-0.39, 0.29) is 18.0 Å². The van der Waals surface area contributed by atoms with Gasteiger partial charge in [-0.1, -0.05) is 35.8 Å². The summed E-state index contributed by atoms with van der Waals surface area (Å²) in [7, 11) is 0. The van der Waals surface area contributed by atoms with Crippen molar-refractivity contribution in [2.75, 3.05) is 5.32 Å². The highest BCUT2D eigenvalue weighted by Crippen LogP contribution is 2.18. The van der Waals surface area contributed by atoms with Crippen LogP contribution in [-0.2, 0) is 4.79 Å². The van der Waals surface area contributed by atoms with E-state index in [2.05, 4.69) is 15.8 Å². The molecule has 2 unspecified atom stereocenters. The monoisotopic (exact) mass is 321 g/mol. The van der Waals surface area contributed by atoms with E-state index in [1.54, 1.807) is 13.0 Å². The molecule has 1 aromatic heterocycles. The molecule has 0 spiro atoms. The summed E-state index contributed by atoms with van der Waals surface area (Å²) in [5.74, 6) is 0.950. The lowest BCUT2D eigenvalue weighted by atomic mass is 10.1. The Morgan fingerprint density at radius 3 is 2.77 bits per heavy atom. The minimum absolute atomic E-state index is 0.00782. The molecular formula is C16H20ClN3O2. The highest BCUT2D eigenvalue weighted by molar-refractivity contribution is 6.30. The predicted molar refractivity (Wildman–Crippen MR) is 87.0 cm³/mol. The molecule has 1 aromatic carbocycles. The fourth-order valence-corrected chi connectivity index (χ4v) is 2.39. The molecule has 0 saturated heterocycles. The van der Waals surface area contributed by atoms with E-state index in [0.717, 1.165) is 5.56 Å². The second-order valence-corrected chi connectivity index (χ2v) is 5.65. The number of carbonyl (C=O) groups excluding carboxylic acids is 1. The number of rotatable bonds is 6. The summed E-state index contributed by atoms with van der Waals surface area (Å²) in [6.45, 7) is 5.73. The van der Waals surface area contributed by atoms with Crippen LogP contribution in [0, 0.1) is 6.92 Å². The van der Waals surface area contributed by atoms with Gasteiger partial charge in [0.15, 0.2) is 5.82 Å². The molecule has 5 nitrogen and oxygen atoms in total. The third-order valence-electron chi connectivity index (χ3n) is 3.40. The quantitative estimate of drug-likeness (QED) is 0.851. The number of nitrogens with one attached hydrogen (secondary N) is 2. The van der Waals surface area contributed by atoms with E-state index in [9.17, 15) is 4.79 Å². The number of nitrogens with zero attached hydrogens (tertiary/aromatic N) is 1. The van der Waals surface area contributed by atoms with Crippen LogP contribution in [0.15, 0.2) is 34.9 Å². The summed E-state index contributed by atoms with van der Waals surface area (Å²) < 4.78 is 4.94. The maximum atomic E-state index is 12.3. The van der Waals surface area contributed by atoms with Crippen molar-refractivity contribution in [3.05, 3.63) is 46.7 Å². The van der Waals surface area contributed by atoms with Crippen LogP contribution in [0.1, 0.15) is 37.6 Å². The molecular weight excluding hydrogens is 302 g/mol. The average Bonchev–Trinajstić information content (AvgIpc) is 2.89. The molecule has 1 amide bonds. The molecule has 2 rings (SSSR count). The molecule has 0 aliphatic rings. The highest BCUT2D eigenvalue weighted by atomic mass is 35.5. The summed E-state index contributed by atoms with van der Waals surface area (Å²) in [6, 6.07) is 8.97. The van der Waals surface area contributed by atoms with Gasteiger partial charge in [-0.15, -0.1) is 0 Å². The first-order chi connectivity index (χ1) is 10.5. The summed E-state index contributed by atoms with van der Waals surface area (Å²) in [6.07, 6.45) is 0.660. The Morgan fingerprint density at radius 1 is 1.41 bits per heavy atom. The lowest BCUT2D eigenvalue weighted by molar-refractivity contribution is -0.118. The van der Waals surface area contributed by atoms with Gasteiger partial charge in [0.25, 0.3) is 0 Å². The minimum Gasteiger partial charge on any atom is -0.360 e. The van der Waals surface area contributed by atoms with Crippen LogP contribution >= 0.6 is 11.6 Å². The molecule has 2 aromatic rings. The Balaban J connectivity index is 2.00. The first-order valence-corrected chi connectivity index (χ1v) is 7.63. The minimum atomic E-state index is -0.328. The third-order valence-corrected chi connectivity index (χ3v) is 3.64. The van der Waals surface area contributed by atoms with E-state index in [4.69, 9.17) is 16.1 Å². The second-order valence-electron chi connectivity index (χ2n) is 5.22. The summed E-state index contributed by atoms with van der Waals surface area (Å²) in [4.78, 5) is 12.3. The predicted octanol–water partition coefficient (Wildman–Crippen LogP) is 3.70. The molecule has 0 radical (unpaired) electrons. The van der Waals surface area contributed by atoms with Gasteiger partial charge in [0.05, 0.1) is 6.04 Å². The van der Waals surface area contributed by atoms with Crippen LogP contribution in [0.25, 0.3) is 0 Å². The molecule has 1 heterocycles. The standard InChI is InChI=1S/C16H20ClN3O2/c1-4-14(16(21)19-15-8-10(2)22-20-15)18-11(3)12-6-5-7-13(17)9-12/h5-9,11,14,18H,4H2,1-3H3,(H,19,20,21). The molecule has 0 saturated carbocycles. The average molecular weight is 322 g/mol. The number of aryl methyl sites for hydroxylation is 1. The smallest absolute Gasteiger partial charge is 0.242 e. The molecule has 0 bridgehead atoms. The summed E-state index contributed by atoms with van der Waals surface area (Å²) in [5, 5.41) is 10.5. The number of benzene rings is 1. The van der Waals surface area contributed by atoms with Crippen molar-refractivity contribution in [1.29, 1.82) is 0 Å². The van der Waals surface area contributed by atoms with Crippen LogP contribution in [0.2, 0.25) is 5.02 Å². The van der Waals surface area contributed by atoms with Crippen molar-refractivity contribution >= 4 is 23.3 Å². The number of anilines is 1. The van der Waals surface area contributed by atoms with Crippen LogP contribution < -0.4 is 10.6 Å². The zero-order chi connectivity index (χ0) is 16.1. The molecule has 0 aliphatic heterocycles. The summed E-state index contributed by atoms with van der Waals surface area (Å²) in [5.41, 5.74) is 1.04. The van der Waals surface area contributed by atoms with Gasteiger partial charge in [-0.25, -0.2) is 0 Å². The van der Waals surface area contributed by atoms with Gasteiger partial charge in [0.2, 0.25) is 5.91 Å². The molecule has 2 N–H and O–H groups in total. The zero-order valence-electron chi connectivity index (χ0n) is 12.9. The lowest BCUT2D eigenvalue weighted by Crippen LogP contribution is -2.41. The molecule has 22 heavy (non-hydrogen) atoms. The Morgan fingerprint density at radius 2 is 2.18 bits per heavy atom. The number of carbonyl (C=O) groups is 1. The van der Waals surface area contributed by atoms with Gasteiger partial charge < -0.3 is 9.84 Å². The Labute approximate surface area is 135 Å². The van der Waals surface area contributed by atoms with Gasteiger partial charge in [-0.05, 0) is 38.0 Å². The fourth-order valence-electron chi connectivity index (χ4n) is 2.19. The molecule has 2 atom stereocenters. The van der Waals surface area contributed by atoms with Crippen molar-refractivity contribution < 1.29 is 9.32 Å². The topological polar surface area (TPSA) is 67.2 Å². The second kappa shape index (κ2) is 7.42. The van der Waals surface area contributed by atoms with Crippen molar-refractivity contribution in [3.63, 3.8) is 0 Å². The normalized spacial score (nSPS) is 13.6. The van der Waals surface area contributed by atoms with Crippen LogP contribution in [0.5, 0.6) is 0 Å². The Kier molecular flexibility index (Phi) is 5.57. The number of hydrogen-bond acceptors (Lipinski definition) is 4. The molecule has 118 valence electrons. The first kappa shape index (κ1) is 16.5. The Bertz CT molecular complexity index is 642. The van der Waals surface area contributed by atoms with Crippen molar-refractivity contribution in [2.24, 2.45) is 0 Å². The van der Waals surface area contributed by atoms with Gasteiger partial charge in [0, 0.05) is 17.1 Å². The van der Waals surface area contributed by atoms with Crippen molar-refractivity contribution in [2.45, 2.75) is 39.3 Å². The van der Waals surface area contributed by atoms with Crippen molar-refractivity contribution in [1.82, 2.24) is 10.5 Å². The lowest BCUT2D eigenvalue weighted by Gasteiger charge is -2.21. The number of aromatic nitrogens is 1. The number of hydrogen-bond donors (Lipinski definition) is 2. The Hall–Kier alpha value is -1.85. The largest absolute Gasteiger partial charge is 0.360 e. The molecule has 6 heteroatoms. The van der Waals surface area contributed by atoms with Crippen LogP contribution in [-0.4, -0.2) is 17.1 Å². The van der Waals surface area contributed by atoms with Gasteiger partial charge in [-0.3, -0.25) is 10.1 Å². The van der Waals surface area contributed by atoms with E-state index in [0.29, 0.717) is 23.0 Å². The van der Waals surface area contributed by atoms with E-state index in [1.165, 1.54) is 0 Å². The SMILES string of the molecule is CCC(NC(C)c1cccc(Cl)c1)C(=O)Nc1cc(C)on1. The highest BCUT2D eigenvalue weighted by Gasteiger charge is 2.20. The zero-order valence-corrected chi connectivity index (χ0v) is 13.6. The summed E-state index contributed by atoms with van der Waals surface area (Å²) >= 11 is 6.01. The van der Waals surface area contributed by atoms with Gasteiger partial charge >= 0.3 is 0 Å². The number of halogens is 1. The fraction of sp³-hybridized carbons (Fsp3) is 0.375. The third kappa shape index (κ3) is 4.32. The molecule has 0 aliphatic carbocycles. The van der Waals surface area contributed by atoms with Gasteiger partial charge in [-0.2, -0.15) is 0 Å². The van der Waals surface area contributed by atoms with Crippen LogP contribution in [0.4, 0.5) is 5.82 Å². The first-order valence-electron chi connectivity index (χ1n) is 7.25. The maximum Gasteiger partial charge on any atom is 0.242 e. The van der Waals surface area contributed by atoms with Gasteiger partial charge in [0.1, 0.15) is 5.76 Å². The van der Waals surface area contributed by atoms with Crippen molar-refractivity contribution in [3.8, 4) is 0 Å². The van der Waals surface area contributed by atoms with E-state index < -0.39 is 0 Å². The van der Waals surface area contributed by atoms with E-state index >= 15 is 0 Å². The maximum absolute atomic E-state index is 12.3. The van der Waals surface area contributed by atoms with Crippen LogP contribution in [0.3, 0.4) is 0 Å². The number of amides is 1.